The van der Waals surface area contributed by atoms with Crippen molar-refractivity contribution in [3.05, 3.63) is 0 Å². The molecule has 9 nitrogen and oxygen atoms in total. The largest absolute Gasteiger partial charge is 0.465 e. The van der Waals surface area contributed by atoms with Gasteiger partial charge in [0.1, 0.15) is 0 Å². The molecular formula is C11H19N3O6. The van der Waals surface area contributed by atoms with E-state index in [1.807, 2.05) is 0 Å². The van der Waals surface area contributed by atoms with Crippen LogP contribution in [-0.4, -0.2) is 87.1 Å². The van der Waals surface area contributed by atoms with Crippen molar-refractivity contribution in [2.75, 3.05) is 32.7 Å². The second-order valence-corrected chi connectivity index (χ2v) is 4.54. The Kier molecular flexibility index (Phi) is 5.42. The third kappa shape index (κ3) is 3.90. The smallest absolute Gasteiger partial charge is 0.407 e. The summed E-state index contributed by atoms with van der Waals surface area (Å²) in [6.07, 6.45) is -3.07. The van der Waals surface area contributed by atoms with Crippen LogP contribution in [0.4, 0.5) is 14.4 Å². The van der Waals surface area contributed by atoms with Crippen molar-refractivity contribution >= 4 is 18.3 Å². The first-order valence-electron chi connectivity index (χ1n) is 6.32. The normalized spacial score (nSPS) is 20.9. The molecule has 1 aliphatic heterocycles. The second-order valence-electron chi connectivity index (χ2n) is 4.54. The molecule has 0 aliphatic carbocycles. The van der Waals surface area contributed by atoms with Crippen LogP contribution in [0.2, 0.25) is 0 Å². The van der Waals surface area contributed by atoms with E-state index >= 15 is 0 Å². The molecule has 3 N–H and O–H groups in total. The molecule has 0 saturated carbocycles. The van der Waals surface area contributed by atoms with Gasteiger partial charge in [-0.1, -0.05) is 6.92 Å². The highest BCUT2D eigenvalue weighted by molar-refractivity contribution is 5.68. The van der Waals surface area contributed by atoms with Gasteiger partial charge in [-0.3, -0.25) is 0 Å². The predicted molar refractivity (Wildman–Crippen MR) is 68.0 cm³/mol. The quantitative estimate of drug-likeness (QED) is 0.653. The van der Waals surface area contributed by atoms with Crippen LogP contribution in [-0.2, 0) is 0 Å². The minimum Gasteiger partial charge on any atom is -0.465 e. The van der Waals surface area contributed by atoms with E-state index in [0.717, 1.165) is 14.7 Å². The van der Waals surface area contributed by atoms with E-state index < -0.39 is 24.3 Å². The highest BCUT2D eigenvalue weighted by Crippen LogP contribution is 2.11. The zero-order chi connectivity index (χ0) is 15.3. The van der Waals surface area contributed by atoms with Gasteiger partial charge in [0.05, 0.1) is 6.04 Å². The highest BCUT2D eigenvalue weighted by atomic mass is 16.4. The second kappa shape index (κ2) is 6.83. The summed E-state index contributed by atoms with van der Waals surface area (Å²) < 4.78 is 0. The van der Waals surface area contributed by atoms with E-state index in [0.29, 0.717) is 6.42 Å². The topological polar surface area (TPSA) is 122 Å². The Morgan fingerprint density at radius 2 is 1.40 bits per heavy atom. The first kappa shape index (κ1) is 15.9. The van der Waals surface area contributed by atoms with Crippen LogP contribution in [0.3, 0.4) is 0 Å². The first-order valence-corrected chi connectivity index (χ1v) is 6.32. The Hall–Kier alpha value is -2.19. The first-order chi connectivity index (χ1) is 9.36. The predicted octanol–water partition coefficient (Wildman–Crippen LogP) is 0.719. The molecule has 1 heterocycles. The minimum atomic E-state index is -1.18. The van der Waals surface area contributed by atoms with E-state index in [2.05, 4.69) is 0 Å². The number of hydrogen-bond donors (Lipinski definition) is 3. The molecule has 1 unspecified atom stereocenters. The fraction of sp³-hybridized carbons (Fsp3) is 0.727. The maximum atomic E-state index is 11.2. The molecule has 1 saturated heterocycles. The van der Waals surface area contributed by atoms with Crippen molar-refractivity contribution in [3.63, 3.8) is 0 Å². The number of rotatable bonds is 1. The van der Waals surface area contributed by atoms with Crippen molar-refractivity contribution in [1.82, 2.24) is 14.7 Å². The fourth-order valence-corrected chi connectivity index (χ4v) is 2.17. The summed E-state index contributed by atoms with van der Waals surface area (Å²) in [5, 5.41) is 27.3. The zero-order valence-corrected chi connectivity index (χ0v) is 11.2. The third-order valence-electron chi connectivity index (χ3n) is 3.38. The lowest BCUT2D eigenvalue weighted by Crippen LogP contribution is -2.48. The fourth-order valence-electron chi connectivity index (χ4n) is 2.17. The lowest BCUT2D eigenvalue weighted by molar-refractivity contribution is 0.101. The van der Waals surface area contributed by atoms with Crippen LogP contribution >= 0.6 is 0 Å². The van der Waals surface area contributed by atoms with Crippen LogP contribution < -0.4 is 0 Å². The van der Waals surface area contributed by atoms with Gasteiger partial charge in [0.25, 0.3) is 0 Å². The van der Waals surface area contributed by atoms with E-state index in [1.54, 1.807) is 6.92 Å². The number of carbonyl (C=O) groups is 3. The molecule has 0 spiro atoms. The molecule has 0 aromatic heterocycles. The Bertz CT molecular complexity index is 388. The van der Waals surface area contributed by atoms with E-state index in [4.69, 9.17) is 10.2 Å². The Labute approximate surface area is 116 Å². The number of carboxylic acid groups (broad SMARTS) is 3. The van der Waals surface area contributed by atoms with Crippen molar-refractivity contribution in [2.45, 2.75) is 19.4 Å². The summed E-state index contributed by atoms with van der Waals surface area (Å²) >= 11 is 0. The molecule has 0 aromatic rings. The van der Waals surface area contributed by atoms with Gasteiger partial charge in [-0.2, -0.15) is 0 Å². The molecule has 114 valence electrons. The molecule has 20 heavy (non-hydrogen) atoms. The molecule has 1 rings (SSSR count). The lowest BCUT2D eigenvalue weighted by Gasteiger charge is -2.30. The lowest BCUT2D eigenvalue weighted by atomic mass is 10.2. The van der Waals surface area contributed by atoms with Crippen LogP contribution in [0.5, 0.6) is 0 Å². The number of amides is 3. The molecule has 1 atom stereocenters. The van der Waals surface area contributed by atoms with Crippen LogP contribution in [0, 0.1) is 0 Å². The Balaban J connectivity index is 2.97. The van der Waals surface area contributed by atoms with E-state index in [1.165, 1.54) is 0 Å². The zero-order valence-electron chi connectivity index (χ0n) is 11.2. The molecular weight excluding hydrogens is 270 g/mol. The molecule has 1 fully saturated rings. The summed E-state index contributed by atoms with van der Waals surface area (Å²) in [7, 11) is 0. The summed E-state index contributed by atoms with van der Waals surface area (Å²) in [5.74, 6) is 0. The monoisotopic (exact) mass is 289 g/mol. The molecule has 0 aromatic carbocycles. The van der Waals surface area contributed by atoms with Crippen molar-refractivity contribution < 1.29 is 29.7 Å². The van der Waals surface area contributed by atoms with Crippen LogP contribution in [0.1, 0.15) is 13.3 Å². The average molecular weight is 289 g/mol. The van der Waals surface area contributed by atoms with E-state index in [-0.39, 0.29) is 32.7 Å². The van der Waals surface area contributed by atoms with Gasteiger partial charge in [-0.05, 0) is 6.42 Å². The van der Waals surface area contributed by atoms with Gasteiger partial charge in [0.15, 0.2) is 0 Å². The minimum absolute atomic E-state index is 0.0333. The van der Waals surface area contributed by atoms with Gasteiger partial charge in [-0.25, -0.2) is 14.4 Å². The number of nitrogens with zero attached hydrogens (tertiary/aromatic N) is 3. The summed E-state index contributed by atoms with van der Waals surface area (Å²) in [6.45, 7) is 1.95. The molecule has 9 heteroatoms. The third-order valence-corrected chi connectivity index (χ3v) is 3.38. The maximum Gasteiger partial charge on any atom is 0.407 e. The summed E-state index contributed by atoms with van der Waals surface area (Å²) in [5.41, 5.74) is 0. The van der Waals surface area contributed by atoms with Gasteiger partial charge in [0, 0.05) is 32.7 Å². The van der Waals surface area contributed by atoms with Gasteiger partial charge >= 0.3 is 18.3 Å². The number of hydrogen-bond acceptors (Lipinski definition) is 3. The standard InChI is InChI=1S/C11H19N3O6/c1-2-8-7-13(10(17)18)4-3-12(9(15)16)5-6-14(8)11(19)20/h8H,2-7H2,1H3,(H,15,16)(H,17,18)(H,19,20). The van der Waals surface area contributed by atoms with Crippen LogP contribution in [0.15, 0.2) is 0 Å². The molecule has 0 bridgehead atoms. The van der Waals surface area contributed by atoms with Gasteiger partial charge in [-0.15, -0.1) is 0 Å². The SMILES string of the molecule is CCC1CN(C(=O)O)CCN(C(=O)O)CCN1C(=O)O. The van der Waals surface area contributed by atoms with E-state index in [9.17, 15) is 19.5 Å². The van der Waals surface area contributed by atoms with Gasteiger partial charge in [0.2, 0.25) is 0 Å². The van der Waals surface area contributed by atoms with Crippen LogP contribution in [0.25, 0.3) is 0 Å². The van der Waals surface area contributed by atoms with Crippen molar-refractivity contribution in [2.24, 2.45) is 0 Å². The molecule has 3 amide bonds. The Morgan fingerprint density at radius 1 is 0.900 bits per heavy atom. The highest BCUT2D eigenvalue weighted by Gasteiger charge is 2.29. The maximum absolute atomic E-state index is 11.2. The summed E-state index contributed by atoms with van der Waals surface area (Å²) in [4.78, 5) is 36.6. The summed E-state index contributed by atoms with van der Waals surface area (Å²) in [6, 6.07) is -0.475. The van der Waals surface area contributed by atoms with Gasteiger partial charge < -0.3 is 30.0 Å². The Morgan fingerprint density at radius 3 is 1.85 bits per heavy atom. The average Bonchev–Trinajstić information content (AvgIpc) is 2.45. The van der Waals surface area contributed by atoms with Crippen molar-refractivity contribution in [3.8, 4) is 0 Å². The molecule has 1 aliphatic rings. The molecule has 0 radical (unpaired) electrons. The van der Waals surface area contributed by atoms with Crippen molar-refractivity contribution in [1.29, 1.82) is 0 Å².